The molecule has 0 radical (unpaired) electrons. The number of carbonyl (C=O) groups is 1. The first-order chi connectivity index (χ1) is 8.54. The minimum Gasteiger partial charge on any atom is -0.497 e. The number of nitro groups is 1. The van der Waals surface area contributed by atoms with Crippen LogP contribution in [0.4, 0.5) is 5.69 Å². The highest BCUT2D eigenvalue weighted by atomic mass is 16.6. The molecule has 0 unspecified atom stereocenters. The molecule has 0 N–H and O–H groups in total. The van der Waals surface area contributed by atoms with Crippen molar-refractivity contribution in [3.63, 3.8) is 0 Å². The Morgan fingerprint density at radius 2 is 2.00 bits per heavy atom. The van der Waals surface area contributed by atoms with E-state index in [-0.39, 0.29) is 23.7 Å². The van der Waals surface area contributed by atoms with E-state index in [0.29, 0.717) is 0 Å². The van der Waals surface area contributed by atoms with Gasteiger partial charge in [0.15, 0.2) is 0 Å². The highest BCUT2D eigenvalue weighted by molar-refractivity contribution is 5.95. The van der Waals surface area contributed by atoms with Gasteiger partial charge in [-0.05, 0) is 6.92 Å². The third-order valence-corrected chi connectivity index (χ3v) is 2.18. The van der Waals surface area contributed by atoms with Gasteiger partial charge in [0.1, 0.15) is 11.3 Å². The van der Waals surface area contributed by atoms with Crippen molar-refractivity contribution in [2.24, 2.45) is 0 Å². The van der Waals surface area contributed by atoms with E-state index in [1.165, 1.54) is 26.4 Å². The standard InChI is InChI=1S/C11H13NO6/c1-4-18-11(13)8-5-7(16-2)6-9(17-3)10(8)12(14)15/h5-6H,4H2,1-3H3. The van der Waals surface area contributed by atoms with Gasteiger partial charge in [-0.1, -0.05) is 0 Å². The molecule has 0 fully saturated rings. The number of nitro benzene ring substituents is 1. The summed E-state index contributed by atoms with van der Waals surface area (Å²) in [5, 5.41) is 11.0. The van der Waals surface area contributed by atoms with Crippen molar-refractivity contribution in [3.8, 4) is 11.5 Å². The average Bonchev–Trinajstić information content (AvgIpc) is 2.36. The lowest BCUT2D eigenvalue weighted by molar-refractivity contribution is -0.386. The lowest BCUT2D eigenvalue weighted by Gasteiger charge is -2.09. The topological polar surface area (TPSA) is 87.9 Å². The third kappa shape index (κ3) is 2.68. The Balaban J connectivity index is 3.43. The number of carbonyl (C=O) groups excluding carboxylic acids is 1. The molecule has 0 aromatic heterocycles. The molecule has 0 saturated carbocycles. The zero-order valence-electron chi connectivity index (χ0n) is 10.3. The summed E-state index contributed by atoms with van der Waals surface area (Å²) >= 11 is 0. The van der Waals surface area contributed by atoms with Gasteiger partial charge >= 0.3 is 11.7 Å². The van der Waals surface area contributed by atoms with Gasteiger partial charge in [-0.2, -0.15) is 0 Å². The Bertz CT molecular complexity index is 471. The fraction of sp³-hybridized carbons (Fsp3) is 0.364. The number of benzene rings is 1. The molecule has 18 heavy (non-hydrogen) atoms. The minimum atomic E-state index is -0.790. The molecule has 0 saturated heterocycles. The van der Waals surface area contributed by atoms with Crippen molar-refractivity contribution in [3.05, 3.63) is 27.8 Å². The van der Waals surface area contributed by atoms with Gasteiger partial charge in [-0.15, -0.1) is 0 Å². The number of esters is 1. The first-order valence-corrected chi connectivity index (χ1v) is 5.12. The summed E-state index contributed by atoms with van der Waals surface area (Å²) in [6, 6.07) is 2.58. The zero-order valence-corrected chi connectivity index (χ0v) is 10.3. The molecule has 1 rings (SSSR count). The lowest BCUT2D eigenvalue weighted by atomic mass is 10.1. The van der Waals surface area contributed by atoms with Crippen molar-refractivity contribution >= 4 is 11.7 Å². The van der Waals surface area contributed by atoms with E-state index < -0.39 is 16.6 Å². The van der Waals surface area contributed by atoms with Crippen molar-refractivity contribution in [2.75, 3.05) is 20.8 Å². The number of ether oxygens (including phenoxy) is 3. The fourth-order valence-electron chi connectivity index (χ4n) is 1.41. The minimum absolute atomic E-state index is 0.0533. The molecule has 0 aliphatic heterocycles. The van der Waals surface area contributed by atoms with Crippen LogP contribution in [0.25, 0.3) is 0 Å². The Morgan fingerprint density at radius 3 is 2.44 bits per heavy atom. The van der Waals surface area contributed by atoms with Crippen LogP contribution in [0.15, 0.2) is 12.1 Å². The van der Waals surface area contributed by atoms with Gasteiger partial charge in [-0.25, -0.2) is 4.79 Å². The Morgan fingerprint density at radius 1 is 1.33 bits per heavy atom. The second kappa shape index (κ2) is 5.85. The van der Waals surface area contributed by atoms with E-state index in [2.05, 4.69) is 0 Å². The molecule has 0 atom stereocenters. The maximum atomic E-state index is 11.7. The van der Waals surface area contributed by atoms with Crippen LogP contribution in [0.1, 0.15) is 17.3 Å². The van der Waals surface area contributed by atoms with Crippen LogP contribution in [0.5, 0.6) is 11.5 Å². The molecule has 1 aromatic carbocycles. The van der Waals surface area contributed by atoms with E-state index in [9.17, 15) is 14.9 Å². The van der Waals surface area contributed by atoms with Gasteiger partial charge in [0.25, 0.3) is 0 Å². The molecular weight excluding hydrogens is 242 g/mol. The molecule has 0 aliphatic carbocycles. The summed E-state index contributed by atoms with van der Waals surface area (Å²) in [7, 11) is 2.66. The highest BCUT2D eigenvalue weighted by Crippen LogP contribution is 2.35. The molecule has 0 amide bonds. The van der Waals surface area contributed by atoms with Crippen LogP contribution in [-0.2, 0) is 4.74 Å². The number of rotatable bonds is 5. The van der Waals surface area contributed by atoms with Crippen LogP contribution in [0.3, 0.4) is 0 Å². The molecule has 0 spiro atoms. The van der Waals surface area contributed by atoms with E-state index >= 15 is 0 Å². The Labute approximate surface area is 103 Å². The van der Waals surface area contributed by atoms with Crippen molar-refractivity contribution in [2.45, 2.75) is 6.92 Å². The van der Waals surface area contributed by atoms with Gasteiger partial charge in [0.05, 0.1) is 25.7 Å². The van der Waals surface area contributed by atoms with Crippen LogP contribution < -0.4 is 9.47 Å². The van der Waals surface area contributed by atoms with Crippen LogP contribution >= 0.6 is 0 Å². The molecular formula is C11H13NO6. The summed E-state index contributed by atoms with van der Waals surface area (Å²) in [4.78, 5) is 22.0. The fourth-order valence-corrected chi connectivity index (χ4v) is 1.41. The maximum absolute atomic E-state index is 11.7. The second-order valence-electron chi connectivity index (χ2n) is 3.20. The van der Waals surface area contributed by atoms with Crippen LogP contribution in [0.2, 0.25) is 0 Å². The summed E-state index contributed by atoms with van der Waals surface area (Å²) in [6.45, 7) is 1.73. The molecule has 0 heterocycles. The Kier molecular flexibility index (Phi) is 4.47. The van der Waals surface area contributed by atoms with E-state index in [0.717, 1.165) is 0 Å². The van der Waals surface area contributed by atoms with Gasteiger partial charge < -0.3 is 14.2 Å². The van der Waals surface area contributed by atoms with Crippen LogP contribution in [-0.4, -0.2) is 31.7 Å². The number of nitrogens with zero attached hydrogens (tertiary/aromatic N) is 1. The number of hydrogen-bond acceptors (Lipinski definition) is 6. The van der Waals surface area contributed by atoms with Gasteiger partial charge in [0, 0.05) is 12.1 Å². The van der Waals surface area contributed by atoms with Crippen molar-refractivity contribution in [1.29, 1.82) is 0 Å². The summed E-state index contributed by atoms with van der Waals surface area (Å²) in [5.41, 5.74) is -0.630. The Hall–Kier alpha value is -2.31. The van der Waals surface area contributed by atoms with E-state index in [4.69, 9.17) is 14.2 Å². The SMILES string of the molecule is CCOC(=O)c1cc(OC)cc(OC)c1[N+](=O)[O-]. The molecule has 98 valence electrons. The summed E-state index contributed by atoms with van der Waals surface area (Å²) in [5.74, 6) is -0.565. The highest BCUT2D eigenvalue weighted by Gasteiger charge is 2.28. The summed E-state index contributed by atoms with van der Waals surface area (Å²) in [6.07, 6.45) is 0. The predicted octanol–water partition coefficient (Wildman–Crippen LogP) is 1.79. The maximum Gasteiger partial charge on any atom is 0.345 e. The number of methoxy groups -OCH3 is 2. The smallest absolute Gasteiger partial charge is 0.345 e. The average molecular weight is 255 g/mol. The van der Waals surface area contributed by atoms with Crippen molar-refractivity contribution in [1.82, 2.24) is 0 Å². The van der Waals surface area contributed by atoms with Crippen LogP contribution in [0, 0.1) is 10.1 Å². The lowest BCUT2D eigenvalue weighted by Crippen LogP contribution is -2.09. The molecule has 7 nitrogen and oxygen atoms in total. The number of hydrogen-bond donors (Lipinski definition) is 0. The monoisotopic (exact) mass is 255 g/mol. The molecule has 0 bridgehead atoms. The zero-order chi connectivity index (χ0) is 13.7. The summed E-state index contributed by atoms with van der Waals surface area (Å²) < 4.78 is 14.6. The van der Waals surface area contributed by atoms with E-state index in [1.807, 2.05) is 0 Å². The predicted molar refractivity (Wildman–Crippen MR) is 62.2 cm³/mol. The van der Waals surface area contributed by atoms with Gasteiger partial charge in [0.2, 0.25) is 5.75 Å². The second-order valence-corrected chi connectivity index (χ2v) is 3.20. The molecule has 7 heteroatoms. The third-order valence-electron chi connectivity index (χ3n) is 2.18. The van der Waals surface area contributed by atoms with Gasteiger partial charge in [-0.3, -0.25) is 10.1 Å². The van der Waals surface area contributed by atoms with Crippen molar-refractivity contribution < 1.29 is 23.9 Å². The van der Waals surface area contributed by atoms with E-state index in [1.54, 1.807) is 6.92 Å². The quantitative estimate of drug-likeness (QED) is 0.452. The first kappa shape index (κ1) is 13.8. The molecule has 1 aromatic rings. The largest absolute Gasteiger partial charge is 0.497 e. The first-order valence-electron chi connectivity index (χ1n) is 5.12. The molecule has 0 aliphatic rings. The normalized spacial score (nSPS) is 9.72.